The van der Waals surface area contributed by atoms with E-state index in [0.29, 0.717) is 42.2 Å². The summed E-state index contributed by atoms with van der Waals surface area (Å²) >= 11 is 6.65. The highest BCUT2D eigenvalue weighted by atomic mass is 35.5. The van der Waals surface area contributed by atoms with Gasteiger partial charge in [-0.2, -0.15) is 5.10 Å². The van der Waals surface area contributed by atoms with Crippen LogP contribution in [0, 0.1) is 6.92 Å². The summed E-state index contributed by atoms with van der Waals surface area (Å²) in [5.74, 6) is 0.0808. The topological polar surface area (TPSA) is 101 Å². The fourth-order valence-electron chi connectivity index (χ4n) is 4.35. The Morgan fingerprint density at radius 2 is 1.80 bits per heavy atom. The Bertz CT molecular complexity index is 1340. The molecule has 3 aromatic rings. The SMILES string of the molecule is Cc1ccc(C2=NN(C(=O)CCCC(=O)O)[C@@H](c3cc4cc5c(cc4nc3Cl)OCCO5)C2)cc1. The number of nitrogens with zero attached hydrogens (tertiary/aromatic N) is 3. The number of hydrogen-bond donors (Lipinski definition) is 1. The highest BCUT2D eigenvalue weighted by Crippen LogP contribution is 2.40. The highest BCUT2D eigenvalue weighted by molar-refractivity contribution is 6.30. The van der Waals surface area contributed by atoms with E-state index in [2.05, 4.69) is 10.1 Å². The van der Waals surface area contributed by atoms with Gasteiger partial charge in [0.25, 0.3) is 0 Å². The van der Waals surface area contributed by atoms with Crippen molar-refractivity contribution in [2.24, 2.45) is 5.10 Å². The van der Waals surface area contributed by atoms with Gasteiger partial charge in [0, 0.05) is 36.3 Å². The number of carbonyl (C=O) groups excluding carboxylic acids is 1. The number of ether oxygens (including phenoxy) is 2. The molecule has 3 heterocycles. The Kier molecular flexibility index (Phi) is 6.30. The second-order valence-electron chi connectivity index (χ2n) is 8.68. The van der Waals surface area contributed by atoms with Crippen molar-refractivity contribution >= 4 is 40.1 Å². The van der Waals surface area contributed by atoms with E-state index in [1.807, 2.05) is 43.3 Å². The molecule has 2 aliphatic rings. The molecule has 0 fully saturated rings. The maximum atomic E-state index is 13.1. The van der Waals surface area contributed by atoms with Crippen LogP contribution in [-0.4, -0.2) is 45.9 Å². The van der Waals surface area contributed by atoms with Crippen LogP contribution in [0.15, 0.2) is 47.6 Å². The van der Waals surface area contributed by atoms with E-state index in [9.17, 15) is 9.59 Å². The Labute approximate surface area is 207 Å². The molecule has 2 aliphatic heterocycles. The van der Waals surface area contributed by atoms with Gasteiger partial charge >= 0.3 is 5.97 Å². The summed E-state index contributed by atoms with van der Waals surface area (Å²) in [6, 6.07) is 13.1. The fraction of sp³-hybridized carbons (Fsp3) is 0.308. The number of aryl methyl sites for hydroxylation is 1. The molecule has 5 rings (SSSR count). The molecule has 35 heavy (non-hydrogen) atoms. The molecule has 2 aromatic carbocycles. The molecule has 0 bridgehead atoms. The number of carbonyl (C=O) groups is 2. The standard InChI is InChI=1S/C26H24ClN3O5/c1-15-5-7-16(8-6-15)20-13-21(30(29-20)24(31)3-2-4-25(32)33)18-11-17-12-22-23(35-10-9-34-22)14-19(17)28-26(18)27/h5-8,11-12,14,21H,2-4,9-10,13H2,1H3,(H,32,33)/t21-/m1/s1. The number of pyridine rings is 1. The average Bonchev–Trinajstić information content (AvgIpc) is 3.28. The average molecular weight is 494 g/mol. The molecule has 9 heteroatoms. The molecule has 0 spiro atoms. The lowest BCUT2D eigenvalue weighted by atomic mass is 9.97. The van der Waals surface area contributed by atoms with Gasteiger partial charge in [0.1, 0.15) is 18.4 Å². The van der Waals surface area contributed by atoms with Crippen LogP contribution in [-0.2, 0) is 9.59 Å². The molecule has 8 nitrogen and oxygen atoms in total. The largest absolute Gasteiger partial charge is 0.486 e. The number of carboxylic acid groups (broad SMARTS) is 1. The second-order valence-corrected chi connectivity index (χ2v) is 9.03. The molecule has 1 atom stereocenters. The maximum Gasteiger partial charge on any atom is 0.303 e. The predicted octanol–water partition coefficient (Wildman–Crippen LogP) is 4.90. The third-order valence-electron chi connectivity index (χ3n) is 6.15. The van der Waals surface area contributed by atoms with Gasteiger partial charge in [0.15, 0.2) is 11.5 Å². The van der Waals surface area contributed by atoms with Crippen LogP contribution < -0.4 is 9.47 Å². The van der Waals surface area contributed by atoms with Gasteiger partial charge in [-0.05, 0) is 31.0 Å². The monoisotopic (exact) mass is 493 g/mol. The van der Waals surface area contributed by atoms with Crippen molar-refractivity contribution in [3.8, 4) is 11.5 Å². The lowest BCUT2D eigenvalue weighted by molar-refractivity contribution is -0.137. The number of aromatic nitrogens is 1. The third kappa shape index (κ3) is 4.79. The predicted molar refractivity (Wildman–Crippen MR) is 131 cm³/mol. The molecule has 1 aromatic heterocycles. The van der Waals surface area contributed by atoms with E-state index in [4.69, 9.17) is 26.2 Å². The quantitative estimate of drug-likeness (QED) is 0.490. The van der Waals surface area contributed by atoms with Crippen molar-refractivity contribution < 1.29 is 24.2 Å². The summed E-state index contributed by atoms with van der Waals surface area (Å²) in [4.78, 5) is 28.6. The molecule has 0 saturated carbocycles. The van der Waals surface area contributed by atoms with Gasteiger partial charge in [-0.1, -0.05) is 41.4 Å². The van der Waals surface area contributed by atoms with E-state index in [0.717, 1.165) is 22.2 Å². The van der Waals surface area contributed by atoms with Crippen LogP contribution in [0.25, 0.3) is 10.9 Å². The number of benzene rings is 2. The van der Waals surface area contributed by atoms with Gasteiger partial charge in [-0.3, -0.25) is 9.59 Å². The van der Waals surface area contributed by atoms with Crippen molar-refractivity contribution in [2.45, 2.75) is 38.6 Å². The third-order valence-corrected chi connectivity index (χ3v) is 6.45. The van der Waals surface area contributed by atoms with Crippen LogP contribution in [0.4, 0.5) is 0 Å². The number of hydrazone groups is 1. The van der Waals surface area contributed by atoms with Gasteiger partial charge in [0.2, 0.25) is 5.91 Å². The molecule has 0 radical (unpaired) electrons. The number of carboxylic acids is 1. The minimum Gasteiger partial charge on any atom is -0.486 e. The van der Waals surface area contributed by atoms with Crippen LogP contribution in [0.2, 0.25) is 5.15 Å². The van der Waals surface area contributed by atoms with Gasteiger partial charge in [-0.25, -0.2) is 9.99 Å². The number of halogens is 1. The molecule has 1 amide bonds. The Hall–Kier alpha value is -3.65. The van der Waals surface area contributed by atoms with Crippen LogP contribution in [0.5, 0.6) is 11.5 Å². The van der Waals surface area contributed by atoms with Crippen molar-refractivity contribution in [3.05, 3.63) is 64.3 Å². The minimum atomic E-state index is -0.934. The zero-order valence-corrected chi connectivity index (χ0v) is 19.9. The first-order chi connectivity index (χ1) is 16.9. The molecule has 1 N–H and O–H groups in total. The number of amides is 1. The number of hydrogen-bond acceptors (Lipinski definition) is 6. The number of rotatable bonds is 6. The number of fused-ring (bicyclic) bond motifs is 2. The van der Waals surface area contributed by atoms with Gasteiger partial charge in [0.05, 0.1) is 17.3 Å². The molecule has 0 saturated heterocycles. The zero-order chi connectivity index (χ0) is 24.5. The van der Waals surface area contributed by atoms with Crippen LogP contribution in [0.1, 0.15) is 48.4 Å². The summed E-state index contributed by atoms with van der Waals surface area (Å²) in [6.07, 6.45) is 0.695. The van der Waals surface area contributed by atoms with E-state index >= 15 is 0 Å². The molecule has 180 valence electrons. The van der Waals surface area contributed by atoms with Crippen LogP contribution >= 0.6 is 11.6 Å². The Morgan fingerprint density at radius 3 is 2.51 bits per heavy atom. The summed E-state index contributed by atoms with van der Waals surface area (Å²) in [6.45, 7) is 2.96. The first-order valence-electron chi connectivity index (χ1n) is 11.5. The first-order valence-corrected chi connectivity index (χ1v) is 11.8. The minimum absolute atomic E-state index is 0.0742. The molecule has 0 aliphatic carbocycles. The normalized spacial score (nSPS) is 16.9. The van der Waals surface area contributed by atoms with Crippen molar-refractivity contribution in [3.63, 3.8) is 0 Å². The van der Waals surface area contributed by atoms with Gasteiger partial charge in [-0.15, -0.1) is 0 Å². The smallest absolute Gasteiger partial charge is 0.303 e. The lowest BCUT2D eigenvalue weighted by Crippen LogP contribution is -2.27. The van der Waals surface area contributed by atoms with Gasteiger partial charge < -0.3 is 14.6 Å². The first kappa shape index (κ1) is 23.1. The van der Waals surface area contributed by atoms with Crippen molar-refractivity contribution in [2.75, 3.05) is 13.2 Å². The molecular weight excluding hydrogens is 470 g/mol. The fourth-order valence-corrected chi connectivity index (χ4v) is 4.62. The second kappa shape index (κ2) is 9.54. The summed E-state index contributed by atoms with van der Waals surface area (Å²) in [5.41, 5.74) is 4.15. The summed E-state index contributed by atoms with van der Waals surface area (Å²) in [7, 11) is 0. The maximum absolute atomic E-state index is 13.1. The van der Waals surface area contributed by atoms with Crippen molar-refractivity contribution in [1.29, 1.82) is 0 Å². The molecule has 0 unspecified atom stereocenters. The number of aliphatic carboxylic acids is 1. The van der Waals surface area contributed by atoms with E-state index < -0.39 is 12.0 Å². The highest BCUT2D eigenvalue weighted by Gasteiger charge is 2.35. The Morgan fingerprint density at radius 1 is 1.09 bits per heavy atom. The lowest BCUT2D eigenvalue weighted by Gasteiger charge is -2.23. The summed E-state index contributed by atoms with van der Waals surface area (Å²) in [5, 5.41) is 16.1. The Balaban J connectivity index is 1.51. The van der Waals surface area contributed by atoms with Crippen LogP contribution in [0.3, 0.4) is 0 Å². The van der Waals surface area contributed by atoms with Crippen molar-refractivity contribution in [1.82, 2.24) is 9.99 Å². The van der Waals surface area contributed by atoms with E-state index in [1.54, 1.807) is 6.07 Å². The van der Waals surface area contributed by atoms with E-state index in [1.165, 1.54) is 5.01 Å². The zero-order valence-electron chi connectivity index (χ0n) is 19.2. The van der Waals surface area contributed by atoms with E-state index in [-0.39, 0.29) is 30.3 Å². The molecular formula is C26H24ClN3O5. The summed E-state index contributed by atoms with van der Waals surface area (Å²) < 4.78 is 11.4.